The highest BCUT2D eigenvalue weighted by molar-refractivity contribution is 6.04. The molecule has 2 atom stereocenters. The van der Waals surface area contributed by atoms with E-state index in [1.54, 1.807) is 36.4 Å². The first kappa shape index (κ1) is 21.1. The molecule has 0 saturated carbocycles. The van der Waals surface area contributed by atoms with Gasteiger partial charge in [-0.15, -0.1) is 0 Å². The molecular weight excluding hydrogens is 392 g/mol. The summed E-state index contributed by atoms with van der Waals surface area (Å²) in [6.45, 7) is -0.794. The lowest BCUT2D eigenvalue weighted by Crippen LogP contribution is -2.41. The summed E-state index contributed by atoms with van der Waals surface area (Å²) in [6, 6.07) is 12.9. The van der Waals surface area contributed by atoms with Crippen molar-refractivity contribution >= 4 is 22.7 Å². The van der Waals surface area contributed by atoms with Gasteiger partial charge in [0, 0.05) is 5.56 Å². The van der Waals surface area contributed by atoms with E-state index >= 15 is 0 Å². The summed E-state index contributed by atoms with van der Waals surface area (Å²) in [5.41, 5.74) is 1.97. The quantitative estimate of drug-likeness (QED) is 0.265. The molecule has 1 heterocycles. The van der Waals surface area contributed by atoms with Crippen molar-refractivity contribution in [2.45, 2.75) is 12.2 Å². The number of aliphatic hydroxyl groups is 3. The first-order chi connectivity index (χ1) is 14.4. The minimum Gasteiger partial charge on any atom is -0.497 e. The Labute approximate surface area is 170 Å². The third-order valence-electron chi connectivity index (χ3n) is 4.30. The number of hydrogen-bond donors (Lipinski definition) is 5. The summed E-state index contributed by atoms with van der Waals surface area (Å²) in [7, 11) is 1.49. The molecule has 0 bridgehead atoms. The molecule has 156 valence electrons. The Balaban J connectivity index is 1.99. The van der Waals surface area contributed by atoms with Gasteiger partial charge in [-0.2, -0.15) is 5.10 Å². The van der Waals surface area contributed by atoms with Crippen LogP contribution in [0, 0.1) is 0 Å². The van der Waals surface area contributed by atoms with Gasteiger partial charge in [0.05, 0.1) is 24.8 Å². The van der Waals surface area contributed by atoms with E-state index < -0.39 is 36.0 Å². The number of H-pyrrole nitrogens is 1. The number of amides is 1. The van der Waals surface area contributed by atoms with Gasteiger partial charge in [-0.3, -0.25) is 9.59 Å². The Morgan fingerprint density at radius 2 is 1.90 bits per heavy atom. The number of aromatic nitrogens is 2. The number of rotatable bonds is 7. The number of para-hydroxylation sites is 2. The first-order valence-electron chi connectivity index (χ1n) is 8.93. The lowest BCUT2D eigenvalue weighted by molar-refractivity contribution is 0.0183. The van der Waals surface area contributed by atoms with E-state index in [4.69, 9.17) is 4.74 Å². The number of ether oxygens (including phenoxy) is 1. The highest BCUT2D eigenvalue weighted by atomic mass is 16.5. The molecule has 1 amide bonds. The average Bonchev–Trinajstić information content (AvgIpc) is 2.78. The Kier molecular flexibility index (Phi) is 6.52. The van der Waals surface area contributed by atoms with Gasteiger partial charge in [-0.25, -0.2) is 10.4 Å². The van der Waals surface area contributed by atoms with Crippen LogP contribution in [0.4, 0.5) is 0 Å². The van der Waals surface area contributed by atoms with E-state index in [0.29, 0.717) is 16.8 Å². The maximum absolute atomic E-state index is 12.5. The smallest absolute Gasteiger partial charge is 0.276 e. The van der Waals surface area contributed by atoms with Gasteiger partial charge < -0.3 is 25.0 Å². The van der Waals surface area contributed by atoms with Crippen molar-refractivity contribution in [2.24, 2.45) is 5.10 Å². The topological polar surface area (TPSA) is 157 Å². The summed E-state index contributed by atoms with van der Waals surface area (Å²) in [5.74, 6) is -0.0674. The number of carbonyl (C=O) groups is 1. The molecule has 0 radical (unpaired) electrons. The SMILES string of the molecule is COc1ccc(C(=O)N/N=C(/c2nc3ccccc3[nH]c2=O)C(O)C(O)CO)cc1. The van der Waals surface area contributed by atoms with Crippen molar-refractivity contribution in [3.63, 3.8) is 0 Å². The zero-order valence-electron chi connectivity index (χ0n) is 15.9. The van der Waals surface area contributed by atoms with Gasteiger partial charge in [0.25, 0.3) is 11.5 Å². The predicted molar refractivity (Wildman–Crippen MR) is 108 cm³/mol. The second-order valence-corrected chi connectivity index (χ2v) is 6.29. The van der Waals surface area contributed by atoms with Crippen LogP contribution in [0.1, 0.15) is 16.1 Å². The van der Waals surface area contributed by atoms with Crippen molar-refractivity contribution in [1.82, 2.24) is 15.4 Å². The molecule has 0 saturated heterocycles. The lowest BCUT2D eigenvalue weighted by atomic mass is 10.1. The van der Waals surface area contributed by atoms with Crippen molar-refractivity contribution in [2.75, 3.05) is 13.7 Å². The lowest BCUT2D eigenvalue weighted by Gasteiger charge is -2.17. The number of nitrogens with zero attached hydrogens (tertiary/aromatic N) is 2. The molecule has 2 unspecified atom stereocenters. The Morgan fingerprint density at radius 1 is 1.20 bits per heavy atom. The van der Waals surface area contributed by atoms with E-state index in [1.807, 2.05) is 0 Å². The molecule has 3 rings (SSSR count). The fourth-order valence-corrected chi connectivity index (χ4v) is 2.66. The molecule has 30 heavy (non-hydrogen) atoms. The summed E-state index contributed by atoms with van der Waals surface area (Å²) < 4.78 is 5.03. The third kappa shape index (κ3) is 4.51. The van der Waals surface area contributed by atoms with E-state index in [0.717, 1.165) is 0 Å². The van der Waals surface area contributed by atoms with Gasteiger partial charge in [0.2, 0.25) is 0 Å². The van der Waals surface area contributed by atoms with Crippen LogP contribution in [0.3, 0.4) is 0 Å². The maximum Gasteiger partial charge on any atom is 0.276 e. The number of benzene rings is 2. The van der Waals surface area contributed by atoms with Crippen LogP contribution in [-0.2, 0) is 0 Å². The largest absolute Gasteiger partial charge is 0.497 e. The molecule has 3 aromatic rings. The van der Waals surface area contributed by atoms with Crippen LogP contribution in [0.25, 0.3) is 11.0 Å². The minimum absolute atomic E-state index is 0.247. The Hall–Kier alpha value is -3.60. The van der Waals surface area contributed by atoms with Crippen molar-refractivity contribution < 1.29 is 24.9 Å². The van der Waals surface area contributed by atoms with Crippen LogP contribution in [0.5, 0.6) is 5.75 Å². The molecule has 5 N–H and O–H groups in total. The molecular formula is C20H20N4O6. The summed E-state index contributed by atoms with van der Waals surface area (Å²) in [5, 5.41) is 33.2. The van der Waals surface area contributed by atoms with Gasteiger partial charge in [0.15, 0.2) is 5.69 Å². The fourth-order valence-electron chi connectivity index (χ4n) is 2.66. The van der Waals surface area contributed by atoms with Gasteiger partial charge in [-0.1, -0.05) is 12.1 Å². The monoisotopic (exact) mass is 412 g/mol. The summed E-state index contributed by atoms with van der Waals surface area (Å²) in [4.78, 5) is 31.7. The number of aromatic amines is 1. The fraction of sp³-hybridized carbons (Fsp3) is 0.200. The molecule has 0 fully saturated rings. The molecule has 0 aliphatic rings. The maximum atomic E-state index is 12.5. The second kappa shape index (κ2) is 9.27. The van der Waals surface area contributed by atoms with Crippen molar-refractivity contribution in [3.8, 4) is 5.75 Å². The normalized spacial score (nSPS) is 13.7. The molecule has 1 aromatic heterocycles. The zero-order valence-corrected chi connectivity index (χ0v) is 15.9. The van der Waals surface area contributed by atoms with Crippen LogP contribution >= 0.6 is 0 Å². The number of methoxy groups -OCH3 is 1. The second-order valence-electron chi connectivity index (χ2n) is 6.29. The van der Waals surface area contributed by atoms with Gasteiger partial charge in [0.1, 0.15) is 23.7 Å². The average molecular weight is 412 g/mol. The number of aliphatic hydroxyl groups excluding tert-OH is 3. The predicted octanol–water partition coefficient (Wildman–Crippen LogP) is -0.220. The molecule has 10 nitrogen and oxygen atoms in total. The molecule has 0 aliphatic heterocycles. The first-order valence-corrected chi connectivity index (χ1v) is 8.93. The minimum atomic E-state index is -1.78. The molecule has 0 spiro atoms. The molecule has 10 heteroatoms. The van der Waals surface area contributed by atoms with Crippen LogP contribution in [-0.4, -0.2) is 62.8 Å². The van der Waals surface area contributed by atoms with Crippen LogP contribution < -0.4 is 15.7 Å². The van der Waals surface area contributed by atoms with E-state index in [9.17, 15) is 24.9 Å². The number of hydrogen-bond acceptors (Lipinski definition) is 8. The standard InChI is InChI=1S/C20H20N4O6/c1-30-12-8-6-11(7-9-12)19(28)24-23-16(18(27)15(26)10-25)17-20(29)22-14-5-3-2-4-13(14)21-17/h2-9,15,18,25-27H,10H2,1H3,(H,22,29)(H,24,28)/b23-16-. The molecule has 2 aromatic carbocycles. The van der Waals surface area contributed by atoms with Gasteiger partial charge in [-0.05, 0) is 36.4 Å². The summed E-state index contributed by atoms with van der Waals surface area (Å²) >= 11 is 0. The van der Waals surface area contributed by atoms with Crippen LogP contribution in [0.15, 0.2) is 58.4 Å². The number of nitrogens with one attached hydrogen (secondary N) is 2. The van der Waals surface area contributed by atoms with E-state index in [-0.39, 0.29) is 11.3 Å². The highest BCUT2D eigenvalue weighted by Gasteiger charge is 2.27. The number of fused-ring (bicyclic) bond motifs is 1. The zero-order chi connectivity index (χ0) is 21.7. The number of carbonyl (C=O) groups excluding carboxylic acids is 1. The number of hydrazone groups is 1. The third-order valence-corrected chi connectivity index (χ3v) is 4.30. The summed E-state index contributed by atoms with van der Waals surface area (Å²) in [6.07, 6.45) is -3.42. The highest BCUT2D eigenvalue weighted by Crippen LogP contribution is 2.12. The molecule has 0 aliphatic carbocycles. The Bertz CT molecular complexity index is 1130. The van der Waals surface area contributed by atoms with Crippen molar-refractivity contribution in [1.29, 1.82) is 0 Å². The van der Waals surface area contributed by atoms with Crippen molar-refractivity contribution in [3.05, 3.63) is 70.1 Å². The van der Waals surface area contributed by atoms with E-state index in [2.05, 4.69) is 20.5 Å². The van der Waals surface area contributed by atoms with Crippen LogP contribution in [0.2, 0.25) is 0 Å². The Morgan fingerprint density at radius 3 is 2.57 bits per heavy atom. The van der Waals surface area contributed by atoms with E-state index in [1.165, 1.54) is 19.2 Å². The van der Waals surface area contributed by atoms with Gasteiger partial charge >= 0.3 is 0 Å².